The Labute approximate surface area is 72.9 Å². The number of Topliss-reactive ketones (excluding diaryl/α,β-unsaturated/α-hetero) is 1. The molecule has 3 atom stereocenters. The Morgan fingerprint density at radius 3 is 2.08 bits per heavy atom. The predicted molar refractivity (Wildman–Crippen MR) is 37.3 cm³/mol. The average molecular weight is 198 g/mol. The third kappa shape index (κ3) is 2.68. The van der Waals surface area contributed by atoms with Crippen LogP contribution in [0.15, 0.2) is 0 Å². The second-order valence-corrected chi connectivity index (χ2v) is 2.43. The van der Waals surface area contributed by atoms with Gasteiger partial charge in [-0.25, -0.2) is 4.39 Å². The van der Waals surface area contributed by atoms with Crippen molar-refractivity contribution >= 4 is 5.78 Å². The number of hydrogen-bond donors (Lipinski definition) is 5. The number of rotatable bonds is 5. The molecule has 0 aromatic rings. The summed E-state index contributed by atoms with van der Waals surface area (Å²) in [6, 6.07) is 0. The monoisotopic (exact) mass is 198 g/mol. The van der Waals surface area contributed by atoms with E-state index in [0.29, 0.717) is 0 Å². The molecule has 0 saturated carbocycles. The van der Waals surface area contributed by atoms with Crippen molar-refractivity contribution in [1.29, 1.82) is 0 Å². The molecule has 0 rings (SSSR count). The second-order valence-electron chi connectivity index (χ2n) is 2.43. The lowest BCUT2D eigenvalue weighted by atomic mass is 10.0. The molecule has 78 valence electrons. The molecule has 0 spiro atoms. The first kappa shape index (κ1) is 12.4. The maximum atomic E-state index is 12.8. The summed E-state index contributed by atoms with van der Waals surface area (Å²) in [6.07, 6.45) is -4.47. The van der Waals surface area contributed by atoms with Crippen molar-refractivity contribution in [3.63, 3.8) is 0 Å². The zero-order valence-corrected chi connectivity index (χ0v) is 6.59. The normalized spacial score (nSPS) is 20.5. The summed E-state index contributed by atoms with van der Waals surface area (Å²) < 4.78 is 12.8. The molecule has 0 aliphatic rings. The number of aliphatic hydroxyl groups is 5. The fourth-order valence-electron chi connectivity index (χ4n) is 0.602. The highest BCUT2D eigenvalue weighted by atomic mass is 19.2. The number of carbonyl (C=O) groups is 1. The molecule has 0 bridgehead atoms. The number of halogens is 1. The van der Waals surface area contributed by atoms with Gasteiger partial charge in [0.25, 0.3) is 5.85 Å². The molecule has 0 aliphatic heterocycles. The summed E-state index contributed by atoms with van der Waals surface area (Å²) in [7, 11) is 0. The van der Waals surface area contributed by atoms with Gasteiger partial charge in [-0.3, -0.25) is 4.79 Å². The van der Waals surface area contributed by atoms with Crippen LogP contribution in [0.4, 0.5) is 4.39 Å². The molecule has 0 fully saturated rings. The molecule has 0 aliphatic carbocycles. The molecule has 7 heteroatoms. The Bertz CT molecular complexity index is 182. The molecule has 6 nitrogen and oxygen atoms in total. The van der Waals surface area contributed by atoms with E-state index in [2.05, 4.69) is 0 Å². The SMILES string of the molecule is O=C([C@@H](O)CO)[C@](O)(F)[C@H](O)CO. The quantitative estimate of drug-likeness (QED) is 0.319. The molecule has 0 unspecified atom stereocenters. The number of aliphatic hydroxyl groups excluding tert-OH is 4. The highest BCUT2D eigenvalue weighted by Crippen LogP contribution is 2.15. The van der Waals surface area contributed by atoms with Gasteiger partial charge in [0.1, 0.15) is 12.2 Å². The molecule has 0 radical (unpaired) electrons. The van der Waals surface area contributed by atoms with Gasteiger partial charge in [0.15, 0.2) is 0 Å². The van der Waals surface area contributed by atoms with Crippen molar-refractivity contribution in [3.8, 4) is 0 Å². The lowest BCUT2D eigenvalue weighted by Crippen LogP contribution is -2.52. The van der Waals surface area contributed by atoms with Crippen LogP contribution in [0.3, 0.4) is 0 Å². The van der Waals surface area contributed by atoms with Gasteiger partial charge < -0.3 is 25.5 Å². The summed E-state index contributed by atoms with van der Waals surface area (Å²) >= 11 is 0. The maximum absolute atomic E-state index is 12.8. The van der Waals surface area contributed by atoms with Crippen LogP contribution in [0, 0.1) is 0 Å². The molecule has 0 saturated heterocycles. The third-order valence-electron chi connectivity index (χ3n) is 1.44. The molecule has 5 N–H and O–H groups in total. The van der Waals surface area contributed by atoms with E-state index in [9.17, 15) is 9.18 Å². The van der Waals surface area contributed by atoms with Crippen LogP contribution in [0.25, 0.3) is 0 Å². The van der Waals surface area contributed by atoms with E-state index in [1.165, 1.54) is 0 Å². The van der Waals surface area contributed by atoms with Crippen LogP contribution >= 0.6 is 0 Å². The molecule has 0 amide bonds. The minimum Gasteiger partial charge on any atom is -0.393 e. The Kier molecular flexibility index (Phi) is 4.37. The second kappa shape index (κ2) is 4.58. The largest absolute Gasteiger partial charge is 0.393 e. The maximum Gasteiger partial charge on any atom is 0.297 e. The first-order valence-electron chi connectivity index (χ1n) is 3.41. The number of alkyl halides is 1. The summed E-state index contributed by atoms with van der Waals surface area (Å²) in [5, 5.41) is 42.3. The van der Waals surface area contributed by atoms with Crippen LogP contribution in [-0.2, 0) is 4.79 Å². The minimum atomic E-state index is -3.75. The Morgan fingerprint density at radius 2 is 1.77 bits per heavy atom. The van der Waals surface area contributed by atoms with E-state index in [4.69, 9.17) is 25.5 Å². The van der Waals surface area contributed by atoms with E-state index in [1.54, 1.807) is 0 Å². The van der Waals surface area contributed by atoms with E-state index < -0.39 is 37.1 Å². The van der Waals surface area contributed by atoms with Crippen molar-refractivity contribution in [1.82, 2.24) is 0 Å². The summed E-state index contributed by atoms with van der Waals surface area (Å²) in [5.41, 5.74) is 0. The summed E-state index contributed by atoms with van der Waals surface area (Å²) in [4.78, 5) is 10.7. The molecule has 0 heterocycles. The zero-order valence-electron chi connectivity index (χ0n) is 6.59. The van der Waals surface area contributed by atoms with Gasteiger partial charge in [0.05, 0.1) is 13.2 Å². The number of hydrogen-bond acceptors (Lipinski definition) is 6. The van der Waals surface area contributed by atoms with E-state index in [0.717, 1.165) is 0 Å². The molecule has 13 heavy (non-hydrogen) atoms. The van der Waals surface area contributed by atoms with Gasteiger partial charge >= 0.3 is 0 Å². The van der Waals surface area contributed by atoms with Crippen LogP contribution in [0.5, 0.6) is 0 Å². The third-order valence-corrected chi connectivity index (χ3v) is 1.44. The highest BCUT2D eigenvalue weighted by Gasteiger charge is 2.46. The van der Waals surface area contributed by atoms with E-state index in [1.807, 2.05) is 0 Å². The fraction of sp³-hybridized carbons (Fsp3) is 0.833. The Morgan fingerprint density at radius 1 is 1.31 bits per heavy atom. The molecule has 0 aromatic carbocycles. The predicted octanol–water partition coefficient (Wildman–Crippen LogP) is -3.08. The molecule has 0 aromatic heterocycles. The van der Waals surface area contributed by atoms with Crippen LogP contribution in [0.1, 0.15) is 0 Å². The van der Waals surface area contributed by atoms with E-state index in [-0.39, 0.29) is 0 Å². The topological polar surface area (TPSA) is 118 Å². The van der Waals surface area contributed by atoms with E-state index >= 15 is 0 Å². The zero-order chi connectivity index (χ0) is 10.6. The van der Waals surface area contributed by atoms with Crippen molar-refractivity contribution < 1.29 is 34.7 Å². The Hall–Kier alpha value is -0.600. The van der Waals surface area contributed by atoms with Crippen molar-refractivity contribution in [2.45, 2.75) is 18.1 Å². The fourth-order valence-corrected chi connectivity index (χ4v) is 0.602. The average Bonchev–Trinajstić information content (AvgIpc) is 2.13. The van der Waals surface area contributed by atoms with Crippen LogP contribution in [-0.4, -0.2) is 62.6 Å². The lowest BCUT2D eigenvalue weighted by molar-refractivity contribution is -0.199. The van der Waals surface area contributed by atoms with Crippen molar-refractivity contribution in [3.05, 3.63) is 0 Å². The van der Waals surface area contributed by atoms with Crippen LogP contribution in [0.2, 0.25) is 0 Å². The van der Waals surface area contributed by atoms with Gasteiger partial charge in [-0.05, 0) is 0 Å². The standard InChI is InChI=1S/C6H11FO6/c7-6(13,4(11)2-9)5(12)3(10)1-8/h3-4,8-11,13H,1-2H2/t3-,4+,6-/m0/s1. The van der Waals surface area contributed by atoms with Gasteiger partial charge in [-0.1, -0.05) is 0 Å². The summed E-state index contributed by atoms with van der Waals surface area (Å²) in [5.74, 6) is -5.55. The smallest absolute Gasteiger partial charge is 0.297 e. The first-order chi connectivity index (χ1) is 5.87. The first-order valence-corrected chi connectivity index (χ1v) is 3.41. The van der Waals surface area contributed by atoms with Gasteiger partial charge in [-0.15, -0.1) is 0 Å². The molecular weight excluding hydrogens is 187 g/mol. The number of ketones is 1. The highest BCUT2D eigenvalue weighted by molar-refractivity contribution is 5.90. The molecular formula is C6H11FO6. The number of carbonyl (C=O) groups excluding carboxylic acids is 1. The van der Waals surface area contributed by atoms with Gasteiger partial charge in [0.2, 0.25) is 5.78 Å². The minimum absolute atomic E-state index is 1.08. The van der Waals surface area contributed by atoms with Crippen molar-refractivity contribution in [2.75, 3.05) is 13.2 Å². The summed E-state index contributed by atoms with van der Waals surface area (Å²) in [6.45, 7) is -2.26. The van der Waals surface area contributed by atoms with Crippen LogP contribution < -0.4 is 0 Å². The van der Waals surface area contributed by atoms with Gasteiger partial charge in [-0.2, -0.15) is 0 Å². The lowest BCUT2D eigenvalue weighted by Gasteiger charge is -2.23. The Balaban J connectivity index is 4.53. The van der Waals surface area contributed by atoms with Crippen molar-refractivity contribution in [2.24, 2.45) is 0 Å². The van der Waals surface area contributed by atoms with Gasteiger partial charge in [0, 0.05) is 0 Å².